The van der Waals surface area contributed by atoms with Crippen molar-refractivity contribution in [3.05, 3.63) is 65.2 Å². The lowest BCUT2D eigenvalue weighted by atomic mass is 9.85. The lowest BCUT2D eigenvalue weighted by Crippen LogP contribution is -2.65. The smallest absolute Gasteiger partial charge is 0.350 e. The molecule has 30 heavy (non-hydrogen) atoms. The highest BCUT2D eigenvalue weighted by Gasteiger charge is 2.46. The van der Waals surface area contributed by atoms with Gasteiger partial charge >= 0.3 is 6.18 Å². The molecule has 1 fully saturated rings. The van der Waals surface area contributed by atoms with Crippen LogP contribution in [0.4, 0.5) is 18.9 Å². The first-order chi connectivity index (χ1) is 14.1. The van der Waals surface area contributed by atoms with Crippen molar-refractivity contribution in [2.45, 2.75) is 45.1 Å². The third-order valence-electron chi connectivity index (χ3n) is 5.41. The van der Waals surface area contributed by atoms with Crippen LogP contribution < -0.4 is 10.6 Å². The monoisotopic (exact) mass is 419 g/mol. The quantitative estimate of drug-likeness (QED) is 0.746. The number of likely N-dealkylation sites (tertiary alicyclic amines) is 1. The minimum atomic E-state index is -4.41. The molecule has 0 aromatic heterocycles. The second-order valence-electron chi connectivity index (χ2n) is 7.70. The molecule has 3 rings (SSSR count). The first kappa shape index (κ1) is 21.8. The SMILES string of the molecule is CC(=O)Nc1ccc(CN2CCC2(C)C(=O)NCc2cccc(C(F)(F)F)c2)cc1. The van der Waals surface area contributed by atoms with Crippen LogP contribution in [-0.2, 0) is 28.9 Å². The van der Waals surface area contributed by atoms with Gasteiger partial charge in [0.1, 0.15) is 0 Å². The second-order valence-corrected chi connectivity index (χ2v) is 7.70. The fourth-order valence-corrected chi connectivity index (χ4v) is 3.46. The Balaban J connectivity index is 1.59. The van der Waals surface area contributed by atoms with Crippen LogP contribution in [0.15, 0.2) is 48.5 Å². The summed E-state index contributed by atoms with van der Waals surface area (Å²) in [5.41, 5.74) is 0.671. The summed E-state index contributed by atoms with van der Waals surface area (Å²) < 4.78 is 38.6. The van der Waals surface area contributed by atoms with Crippen LogP contribution in [0.1, 0.15) is 37.0 Å². The minimum Gasteiger partial charge on any atom is -0.350 e. The third kappa shape index (κ3) is 4.99. The molecule has 1 atom stereocenters. The average Bonchev–Trinajstić information content (AvgIpc) is 2.69. The Bertz CT molecular complexity index is 928. The molecule has 1 aliphatic heterocycles. The molecule has 0 bridgehead atoms. The molecular formula is C22H24F3N3O2. The first-order valence-electron chi connectivity index (χ1n) is 9.64. The van der Waals surface area contributed by atoms with E-state index in [0.29, 0.717) is 24.2 Å². The number of carbonyl (C=O) groups is 2. The predicted octanol–water partition coefficient (Wildman–Crippen LogP) is 3.94. The highest BCUT2D eigenvalue weighted by atomic mass is 19.4. The van der Waals surface area contributed by atoms with E-state index < -0.39 is 17.3 Å². The summed E-state index contributed by atoms with van der Waals surface area (Å²) in [5, 5.41) is 5.48. The molecule has 8 heteroatoms. The van der Waals surface area contributed by atoms with Gasteiger partial charge in [-0.25, -0.2) is 0 Å². The summed E-state index contributed by atoms with van der Waals surface area (Å²) in [7, 11) is 0. The van der Waals surface area contributed by atoms with Gasteiger partial charge in [0.2, 0.25) is 11.8 Å². The van der Waals surface area contributed by atoms with Crippen LogP contribution in [0, 0.1) is 0 Å². The topological polar surface area (TPSA) is 61.4 Å². The standard InChI is InChI=1S/C22H24F3N3O2/c1-15(29)27-19-8-6-16(7-9-19)14-28-11-10-21(28,2)20(30)26-13-17-4-3-5-18(12-17)22(23,24)25/h3-9,12H,10-11,13-14H2,1-2H3,(H,26,30)(H,27,29). The van der Waals surface area contributed by atoms with E-state index in [9.17, 15) is 22.8 Å². The van der Waals surface area contributed by atoms with Crippen molar-refractivity contribution in [3.8, 4) is 0 Å². The van der Waals surface area contributed by atoms with E-state index in [2.05, 4.69) is 10.6 Å². The number of anilines is 1. The van der Waals surface area contributed by atoms with Gasteiger partial charge in [-0.2, -0.15) is 13.2 Å². The normalized spacial score (nSPS) is 19.1. The molecular weight excluding hydrogens is 395 g/mol. The Kier molecular flexibility index (Phi) is 6.17. The number of carbonyl (C=O) groups excluding carboxylic acids is 2. The van der Waals surface area contributed by atoms with Crippen molar-refractivity contribution in [1.29, 1.82) is 0 Å². The first-order valence-corrected chi connectivity index (χ1v) is 9.64. The van der Waals surface area contributed by atoms with E-state index in [1.807, 2.05) is 36.1 Å². The van der Waals surface area contributed by atoms with Crippen LogP contribution in [0.3, 0.4) is 0 Å². The Morgan fingerprint density at radius 3 is 2.37 bits per heavy atom. The molecule has 5 nitrogen and oxygen atoms in total. The van der Waals surface area contributed by atoms with E-state index >= 15 is 0 Å². The molecule has 2 N–H and O–H groups in total. The predicted molar refractivity (Wildman–Crippen MR) is 107 cm³/mol. The zero-order valence-electron chi connectivity index (χ0n) is 16.8. The molecule has 2 aromatic carbocycles. The number of nitrogens with one attached hydrogen (secondary N) is 2. The minimum absolute atomic E-state index is 0.0393. The largest absolute Gasteiger partial charge is 0.416 e. The third-order valence-corrected chi connectivity index (χ3v) is 5.41. The van der Waals surface area contributed by atoms with E-state index in [-0.39, 0.29) is 18.4 Å². The lowest BCUT2D eigenvalue weighted by Gasteiger charge is -2.49. The van der Waals surface area contributed by atoms with Crippen molar-refractivity contribution in [2.75, 3.05) is 11.9 Å². The molecule has 1 saturated heterocycles. The van der Waals surface area contributed by atoms with E-state index in [4.69, 9.17) is 0 Å². The maximum atomic E-state index is 12.9. The van der Waals surface area contributed by atoms with Gasteiger partial charge in [-0.05, 0) is 48.7 Å². The van der Waals surface area contributed by atoms with Gasteiger partial charge in [0.05, 0.1) is 11.1 Å². The summed E-state index contributed by atoms with van der Waals surface area (Å²) in [6.07, 6.45) is -3.74. The highest BCUT2D eigenvalue weighted by Crippen LogP contribution is 2.33. The Labute approximate surface area is 173 Å². The van der Waals surface area contributed by atoms with Crippen LogP contribution in [0.25, 0.3) is 0 Å². The number of alkyl halides is 3. The molecule has 2 amide bonds. The van der Waals surface area contributed by atoms with Crippen LogP contribution in [0.2, 0.25) is 0 Å². The fourth-order valence-electron chi connectivity index (χ4n) is 3.46. The Morgan fingerprint density at radius 1 is 1.10 bits per heavy atom. The molecule has 1 heterocycles. The molecule has 1 unspecified atom stereocenters. The van der Waals surface area contributed by atoms with Crippen molar-refractivity contribution < 1.29 is 22.8 Å². The number of rotatable bonds is 6. The van der Waals surface area contributed by atoms with Crippen LogP contribution in [-0.4, -0.2) is 28.8 Å². The second kappa shape index (κ2) is 8.47. The van der Waals surface area contributed by atoms with Crippen molar-refractivity contribution in [1.82, 2.24) is 10.2 Å². The van der Waals surface area contributed by atoms with Crippen LogP contribution in [0.5, 0.6) is 0 Å². The fraction of sp³-hybridized carbons (Fsp3) is 0.364. The summed E-state index contributed by atoms with van der Waals surface area (Å²) in [6.45, 7) is 4.63. The number of nitrogens with zero attached hydrogens (tertiary/aromatic N) is 1. The Hall–Kier alpha value is -2.87. The average molecular weight is 419 g/mol. The maximum Gasteiger partial charge on any atom is 0.416 e. The summed E-state index contributed by atoms with van der Waals surface area (Å²) in [5.74, 6) is -0.350. The van der Waals surface area contributed by atoms with Crippen molar-refractivity contribution >= 4 is 17.5 Å². The lowest BCUT2D eigenvalue weighted by molar-refractivity contribution is -0.142. The number of hydrogen-bond acceptors (Lipinski definition) is 3. The van der Waals surface area contributed by atoms with Gasteiger partial charge in [-0.15, -0.1) is 0 Å². The highest BCUT2D eigenvalue weighted by molar-refractivity contribution is 5.88. The summed E-state index contributed by atoms with van der Waals surface area (Å²) in [4.78, 5) is 25.9. The maximum absolute atomic E-state index is 12.9. The van der Waals surface area contributed by atoms with Gasteiger partial charge < -0.3 is 10.6 Å². The molecule has 0 radical (unpaired) electrons. The molecule has 0 aliphatic carbocycles. The molecule has 0 saturated carbocycles. The molecule has 2 aromatic rings. The van der Waals surface area contributed by atoms with Gasteiger partial charge in [-0.3, -0.25) is 14.5 Å². The Morgan fingerprint density at radius 2 is 1.80 bits per heavy atom. The van der Waals surface area contributed by atoms with Crippen molar-refractivity contribution in [2.24, 2.45) is 0 Å². The van der Waals surface area contributed by atoms with Gasteiger partial charge in [0, 0.05) is 32.2 Å². The summed E-state index contributed by atoms with van der Waals surface area (Å²) >= 11 is 0. The zero-order chi connectivity index (χ0) is 21.9. The van der Waals surface area contributed by atoms with Crippen molar-refractivity contribution in [3.63, 3.8) is 0 Å². The van der Waals surface area contributed by atoms with E-state index in [1.165, 1.54) is 13.0 Å². The van der Waals surface area contributed by atoms with Gasteiger partial charge in [-0.1, -0.05) is 24.3 Å². The molecule has 160 valence electrons. The zero-order valence-corrected chi connectivity index (χ0v) is 16.8. The molecule has 1 aliphatic rings. The number of halogens is 3. The van der Waals surface area contributed by atoms with E-state index in [1.54, 1.807) is 6.07 Å². The van der Waals surface area contributed by atoms with Gasteiger partial charge in [0.25, 0.3) is 0 Å². The van der Waals surface area contributed by atoms with Gasteiger partial charge in [0.15, 0.2) is 0 Å². The van der Waals surface area contributed by atoms with E-state index in [0.717, 1.165) is 24.2 Å². The van der Waals surface area contributed by atoms with Crippen LogP contribution >= 0.6 is 0 Å². The number of benzene rings is 2. The number of amides is 2. The summed E-state index contributed by atoms with van der Waals surface area (Å²) in [6, 6.07) is 12.4. The number of hydrogen-bond donors (Lipinski definition) is 2. The molecule has 0 spiro atoms.